The lowest BCUT2D eigenvalue weighted by Crippen LogP contribution is -2.29. The van der Waals surface area contributed by atoms with Crippen LogP contribution in [0.1, 0.15) is 36.6 Å². The smallest absolute Gasteiger partial charge is 0.232 e. The molecule has 0 N–H and O–H groups in total. The average molecular weight is 348 g/mol. The highest BCUT2D eigenvalue weighted by Crippen LogP contribution is 2.40. The van der Waals surface area contributed by atoms with Gasteiger partial charge in [0.25, 0.3) is 0 Å². The first kappa shape index (κ1) is 15.4. The number of likely N-dealkylation sites (tertiary alicyclic amines) is 1. The lowest BCUT2D eigenvalue weighted by molar-refractivity contribution is -0.127. The molecule has 1 atom stereocenters. The number of nitrogens with zero attached hydrogens (tertiary/aromatic N) is 3. The summed E-state index contributed by atoms with van der Waals surface area (Å²) in [5, 5.41) is 2.22. The molecule has 2 aliphatic rings. The SMILES string of the molecule is C[C@H]1CCc2c(sc3ncnc(SCC(=O)N4CCCC4)c23)C1. The second-order valence-corrected chi connectivity index (χ2v) is 8.63. The molecule has 4 rings (SSSR count). The summed E-state index contributed by atoms with van der Waals surface area (Å²) < 4.78 is 0. The van der Waals surface area contributed by atoms with Gasteiger partial charge in [0.15, 0.2) is 0 Å². The molecule has 1 saturated heterocycles. The molecule has 0 bridgehead atoms. The summed E-state index contributed by atoms with van der Waals surface area (Å²) in [4.78, 5) is 25.8. The summed E-state index contributed by atoms with van der Waals surface area (Å²) >= 11 is 3.40. The Morgan fingerprint density at radius 1 is 1.39 bits per heavy atom. The Balaban J connectivity index is 1.58. The number of carbonyl (C=O) groups excluding carboxylic acids is 1. The number of rotatable bonds is 3. The van der Waals surface area contributed by atoms with Crippen LogP contribution in [-0.2, 0) is 17.6 Å². The topological polar surface area (TPSA) is 46.1 Å². The Hall–Kier alpha value is -1.14. The maximum absolute atomic E-state index is 12.3. The molecule has 0 saturated carbocycles. The van der Waals surface area contributed by atoms with E-state index in [2.05, 4.69) is 16.9 Å². The van der Waals surface area contributed by atoms with E-state index in [-0.39, 0.29) is 5.91 Å². The van der Waals surface area contributed by atoms with Gasteiger partial charge in [-0.2, -0.15) is 0 Å². The Bertz CT molecular complexity index is 737. The van der Waals surface area contributed by atoms with Gasteiger partial charge in [-0.25, -0.2) is 9.97 Å². The van der Waals surface area contributed by atoms with Crippen molar-refractivity contribution in [1.29, 1.82) is 0 Å². The first-order chi connectivity index (χ1) is 11.2. The highest BCUT2D eigenvalue weighted by molar-refractivity contribution is 8.00. The van der Waals surface area contributed by atoms with Crippen LogP contribution in [0, 0.1) is 5.92 Å². The van der Waals surface area contributed by atoms with E-state index in [1.54, 1.807) is 18.1 Å². The van der Waals surface area contributed by atoms with Gasteiger partial charge in [0.05, 0.1) is 5.75 Å². The van der Waals surface area contributed by atoms with E-state index in [0.717, 1.165) is 54.5 Å². The standard InChI is InChI=1S/C17H21N3OS2/c1-11-4-5-12-13(8-11)23-17-15(12)16(18-10-19-17)22-9-14(21)20-6-2-3-7-20/h10-11H,2-9H2,1H3/t11-/m0/s1. The van der Waals surface area contributed by atoms with Crippen molar-refractivity contribution in [3.05, 3.63) is 16.8 Å². The number of aryl methyl sites for hydroxylation is 1. The van der Waals surface area contributed by atoms with Gasteiger partial charge in [0.2, 0.25) is 5.91 Å². The lowest BCUT2D eigenvalue weighted by Gasteiger charge is -2.18. The molecule has 0 aromatic carbocycles. The van der Waals surface area contributed by atoms with Gasteiger partial charge in [-0.05, 0) is 43.6 Å². The molecule has 4 nitrogen and oxygen atoms in total. The van der Waals surface area contributed by atoms with E-state index in [1.807, 2.05) is 16.2 Å². The molecule has 2 aromatic rings. The van der Waals surface area contributed by atoms with E-state index in [4.69, 9.17) is 0 Å². The van der Waals surface area contributed by atoms with Crippen molar-refractivity contribution in [3.63, 3.8) is 0 Å². The van der Waals surface area contributed by atoms with E-state index in [1.165, 1.54) is 22.2 Å². The summed E-state index contributed by atoms with van der Waals surface area (Å²) in [7, 11) is 0. The average Bonchev–Trinajstić information content (AvgIpc) is 3.19. The summed E-state index contributed by atoms with van der Waals surface area (Å²) in [5.41, 5.74) is 1.44. The third kappa shape index (κ3) is 2.98. The molecule has 3 heterocycles. The quantitative estimate of drug-likeness (QED) is 0.629. The zero-order chi connectivity index (χ0) is 15.8. The van der Waals surface area contributed by atoms with Crippen LogP contribution in [0.5, 0.6) is 0 Å². The van der Waals surface area contributed by atoms with Crippen molar-refractivity contribution < 1.29 is 4.79 Å². The minimum Gasteiger partial charge on any atom is -0.342 e. The van der Waals surface area contributed by atoms with Crippen molar-refractivity contribution in [3.8, 4) is 0 Å². The fraction of sp³-hybridized carbons (Fsp3) is 0.588. The molecular weight excluding hydrogens is 326 g/mol. The van der Waals surface area contributed by atoms with Crippen LogP contribution in [0.3, 0.4) is 0 Å². The number of hydrogen-bond donors (Lipinski definition) is 0. The van der Waals surface area contributed by atoms with Crippen LogP contribution in [-0.4, -0.2) is 39.6 Å². The highest BCUT2D eigenvalue weighted by Gasteiger charge is 2.24. The van der Waals surface area contributed by atoms with Gasteiger partial charge in [-0.15, -0.1) is 11.3 Å². The van der Waals surface area contributed by atoms with E-state index >= 15 is 0 Å². The monoisotopic (exact) mass is 347 g/mol. The maximum Gasteiger partial charge on any atom is 0.232 e. The third-order valence-electron chi connectivity index (χ3n) is 4.85. The number of carbonyl (C=O) groups is 1. The summed E-state index contributed by atoms with van der Waals surface area (Å²) in [6.45, 7) is 4.16. The van der Waals surface area contributed by atoms with E-state index in [0.29, 0.717) is 5.75 Å². The highest BCUT2D eigenvalue weighted by atomic mass is 32.2. The van der Waals surface area contributed by atoms with Crippen LogP contribution in [0.4, 0.5) is 0 Å². The van der Waals surface area contributed by atoms with Gasteiger partial charge in [-0.1, -0.05) is 18.7 Å². The molecule has 1 amide bonds. The molecule has 0 unspecified atom stereocenters. The fourth-order valence-corrected chi connectivity index (χ4v) is 5.89. The minimum atomic E-state index is 0.247. The van der Waals surface area contributed by atoms with E-state index < -0.39 is 0 Å². The van der Waals surface area contributed by atoms with E-state index in [9.17, 15) is 4.79 Å². The zero-order valence-electron chi connectivity index (χ0n) is 13.4. The van der Waals surface area contributed by atoms with Gasteiger partial charge in [-0.3, -0.25) is 4.79 Å². The Morgan fingerprint density at radius 2 is 2.22 bits per heavy atom. The Labute approximate surface area is 144 Å². The maximum atomic E-state index is 12.3. The number of hydrogen-bond acceptors (Lipinski definition) is 5. The number of thioether (sulfide) groups is 1. The van der Waals surface area contributed by atoms with Gasteiger partial charge in [0, 0.05) is 23.4 Å². The number of fused-ring (bicyclic) bond motifs is 3. The minimum absolute atomic E-state index is 0.247. The molecule has 0 spiro atoms. The Kier molecular flexibility index (Phi) is 4.28. The van der Waals surface area contributed by atoms with Crippen molar-refractivity contribution in [2.45, 2.75) is 44.1 Å². The first-order valence-electron chi connectivity index (χ1n) is 8.38. The van der Waals surface area contributed by atoms with Gasteiger partial charge >= 0.3 is 0 Å². The van der Waals surface area contributed by atoms with Crippen LogP contribution in [0.15, 0.2) is 11.4 Å². The second-order valence-electron chi connectivity index (χ2n) is 6.59. The summed E-state index contributed by atoms with van der Waals surface area (Å²) in [5.74, 6) is 1.50. The predicted octanol–water partition coefficient (Wildman–Crippen LogP) is 3.53. The van der Waals surface area contributed by atoms with Gasteiger partial charge in [0.1, 0.15) is 16.2 Å². The molecule has 1 aliphatic carbocycles. The van der Waals surface area contributed by atoms with Gasteiger partial charge < -0.3 is 4.90 Å². The summed E-state index contributed by atoms with van der Waals surface area (Å²) in [6, 6.07) is 0. The molecule has 1 fully saturated rings. The molecule has 6 heteroatoms. The lowest BCUT2D eigenvalue weighted by atomic mass is 9.89. The normalized spacial score (nSPS) is 20.9. The first-order valence-corrected chi connectivity index (χ1v) is 10.2. The Morgan fingerprint density at radius 3 is 3.04 bits per heavy atom. The van der Waals surface area contributed by atoms with Crippen LogP contribution >= 0.6 is 23.1 Å². The zero-order valence-corrected chi connectivity index (χ0v) is 15.0. The van der Waals surface area contributed by atoms with Crippen LogP contribution < -0.4 is 0 Å². The fourth-order valence-electron chi connectivity index (χ4n) is 3.54. The number of aromatic nitrogens is 2. The van der Waals surface area contributed by atoms with Crippen molar-refractivity contribution >= 4 is 39.2 Å². The number of thiophene rings is 1. The largest absolute Gasteiger partial charge is 0.342 e. The van der Waals surface area contributed by atoms with Crippen molar-refractivity contribution in [1.82, 2.24) is 14.9 Å². The molecule has 2 aromatic heterocycles. The van der Waals surface area contributed by atoms with Crippen LogP contribution in [0.25, 0.3) is 10.2 Å². The predicted molar refractivity (Wildman–Crippen MR) is 95.1 cm³/mol. The van der Waals surface area contributed by atoms with Crippen molar-refractivity contribution in [2.24, 2.45) is 5.92 Å². The molecule has 0 radical (unpaired) electrons. The second kappa shape index (κ2) is 6.40. The number of amides is 1. The summed E-state index contributed by atoms with van der Waals surface area (Å²) in [6.07, 6.45) is 7.46. The molecular formula is C17H21N3OS2. The molecule has 23 heavy (non-hydrogen) atoms. The van der Waals surface area contributed by atoms with Crippen molar-refractivity contribution in [2.75, 3.05) is 18.8 Å². The molecule has 122 valence electrons. The molecule has 1 aliphatic heterocycles. The van der Waals surface area contributed by atoms with Crippen LogP contribution in [0.2, 0.25) is 0 Å². The third-order valence-corrected chi connectivity index (χ3v) is 6.98.